The largest absolute Gasteiger partial charge is 0.312 e. The first kappa shape index (κ1) is 20.8. The van der Waals surface area contributed by atoms with Gasteiger partial charge < -0.3 is 4.90 Å². The molecule has 29 heavy (non-hydrogen) atoms. The van der Waals surface area contributed by atoms with Crippen molar-refractivity contribution < 1.29 is 4.79 Å². The van der Waals surface area contributed by atoms with Crippen molar-refractivity contribution in [2.75, 3.05) is 11.4 Å². The zero-order chi connectivity index (χ0) is 20.8. The summed E-state index contributed by atoms with van der Waals surface area (Å²) < 4.78 is 2.04. The van der Waals surface area contributed by atoms with Crippen LogP contribution in [0.2, 0.25) is 0 Å². The van der Waals surface area contributed by atoms with Gasteiger partial charge in [-0.15, -0.1) is 0 Å². The predicted octanol–water partition coefficient (Wildman–Crippen LogP) is 4.97. The first-order valence-electron chi connectivity index (χ1n) is 10.4. The quantitative estimate of drug-likeness (QED) is 0.545. The van der Waals surface area contributed by atoms with E-state index in [9.17, 15) is 4.79 Å². The molecule has 0 aliphatic carbocycles. The first-order chi connectivity index (χ1) is 14.0. The Labute approximate surface area is 174 Å². The van der Waals surface area contributed by atoms with Gasteiger partial charge in [0.15, 0.2) is 0 Å². The Hall–Kier alpha value is -2.88. The molecule has 3 rings (SSSR count). The summed E-state index contributed by atoms with van der Waals surface area (Å²) in [7, 11) is 0. The Morgan fingerprint density at radius 2 is 1.62 bits per heavy atom. The van der Waals surface area contributed by atoms with Crippen molar-refractivity contribution in [3.05, 3.63) is 83.2 Å². The number of rotatable bonds is 8. The van der Waals surface area contributed by atoms with Crippen LogP contribution in [0.25, 0.3) is 0 Å². The molecule has 152 valence electrons. The van der Waals surface area contributed by atoms with Crippen LogP contribution in [0, 0.1) is 19.8 Å². The van der Waals surface area contributed by atoms with Gasteiger partial charge in [-0.1, -0.05) is 62.4 Å². The molecule has 3 aromatic rings. The van der Waals surface area contributed by atoms with Crippen LogP contribution in [0.4, 0.5) is 5.69 Å². The summed E-state index contributed by atoms with van der Waals surface area (Å²) in [6, 6.07) is 20.3. The van der Waals surface area contributed by atoms with Crippen molar-refractivity contribution in [1.82, 2.24) is 9.78 Å². The van der Waals surface area contributed by atoms with E-state index in [-0.39, 0.29) is 5.91 Å². The molecule has 2 aromatic carbocycles. The summed E-state index contributed by atoms with van der Waals surface area (Å²) in [5.74, 6) is 0.630. The maximum Gasteiger partial charge on any atom is 0.231 e. The third kappa shape index (κ3) is 5.35. The van der Waals surface area contributed by atoms with Crippen LogP contribution >= 0.6 is 0 Å². The summed E-state index contributed by atoms with van der Waals surface area (Å²) >= 11 is 0. The molecule has 0 atom stereocenters. The fraction of sp³-hybridized carbons (Fsp3) is 0.360. The van der Waals surface area contributed by atoms with Gasteiger partial charge in [-0.25, -0.2) is 0 Å². The lowest BCUT2D eigenvalue weighted by molar-refractivity contribution is -0.118. The lowest BCUT2D eigenvalue weighted by Gasteiger charge is -2.23. The molecule has 0 aliphatic heterocycles. The number of amides is 1. The number of anilines is 1. The molecule has 0 saturated heterocycles. The van der Waals surface area contributed by atoms with Gasteiger partial charge in [-0.05, 0) is 43.9 Å². The Bertz CT molecular complexity index is 929. The fourth-order valence-electron chi connectivity index (χ4n) is 3.65. The molecule has 4 nitrogen and oxygen atoms in total. The average molecular weight is 390 g/mol. The third-order valence-electron chi connectivity index (χ3n) is 5.23. The number of aryl methyl sites for hydroxylation is 1. The highest BCUT2D eigenvalue weighted by atomic mass is 16.2. The number of carbonyl (C=O) groups is 1. The molecule has 0 unspecified atom stereocenters. The molecular weight excluding hydrogens is 358 g/mol. The Morgan fingerprint density at radius 3 is 2.24 bits per heavy atom. The van der Waals surface area contributed by atoms with E-state index < -0.39 is 0 Å². The molecule has 0 spiro atoms. The Kier molecular flexibility index (Phi) is 6.86. The van der Waals surface area contributed by atoms with Crippen molar-refractivity contribution in [1.29, 1.82) is 0 Å². The predicted molar refractivity (Wildman–Crippen MR) is 119 cm³/mol. The number of hydrogen-bond donors (Lipinski definition) is 0. The summed E-state index contributed by atoms with van der Waals surface area (Å²) in [5.41, 5.74) is 5.28. The highest BCUT2D eigenvalue weighted by molar-refractivity contribution is 5.95. The second-order valence-corrected chi connectivity index (χ2v) is 8.02. The standard InChI is InChI=1S/C25H31N3O/c1-19(2)18-28-21(4)24(20(3)26-28)17-25(29)27(23-13-9-6-10-14-23)16-15-22-11-7-5-8-12-22/h5-14,19H,15-18H2,1-4H3. The van der Waals surface area contributed by atoms with Crippen LogP contribution < -0.4 is 4.90 Å². The van der Waals surface area contributed by atoms with Crippen molar-refractivity contribution in [2.24, 2.45) is 5.92 Å². The number of hydrogen-bond acceptors (Lipinski definition) is 2. The van der Waals surface area contributed by atoms with E-state index in [1.54, 1.807) is 0 Å². The van der Waals surface area contributed by atoms with Gasteiger partial charge in [-0.2, -0.15) is 5.10 Å². The van der Waals surface area contributed by atoms with E-state index in [0.29, 0.717) is 18.9 Å². The number of benzene rings is 2. The van der Waals surface area contributed by atoms with Crippen LogP contribution in [0.15, 0.2) is 60.7 Å². The van der Waals surface area contributed by atoms with Gasteiger partial charge in [0.1, 0.15) is 0 Å². The first-order valence-corrected chi connectivity index (χ1v) is 10.4. The van der Waals surface area contributed by atoms with E-state index in [4.69, 9.17) is 0 Å². The second kappa shape index (κ2) is 9.55. The van der Waals surface area contributed by atoms with E-state index in [1.165, 1.54) is 5.56 Å². The molecule has 1 aromatic heterocycles. The number of carbonyl (C=O) groups excluding carboxylic acids is 1. The SMILES string of the molecule is Cc1nn(CC(C)C)c(C)c1CC(=O)N(CCc1ccccc1)c1ccccc1. The summed E-state index contributed by atoms with van der Waals surface area (Å²) in [6.07, 6.45) is 1.20. The third-order valence-corrected chi connectivity index (χ3v) is 5.23. The summed E-state index contributed by atoms with van der Waals surface area (Å²) in [4.78, 5) is 15.3. The molecule has 4 heteroatoms. The highest BCUT2D eigenvalue weighted by Crippen LogP contribution is 2.20. The maximum absolute atomic E-state index is 13.4. The van der Waals surface area contributed by atoms with Gasteiger partial charge in [0, 0.05) is 30.0 Å². The van der Waals surface area contributed by atoms with Crippen LogP contribution in [0.5, 0.6) is 0 Å². The monoisotopic (exact) mass is 389 g/mol. The lowest BCUT2D eigenvalue weighted by Crippen LogP contribution is -2.34. The van der Waals surface area contributed by atoms with Gasteiger partial charge in [0.25, 0.3) is 0 Å². The minimum absolute atomic E-state index is 0.113. The lowest BCUT2D eigenvalue weighted by atomic mass is 10.1. The number of para-hydroxylation sites is 1. The molecule has 1 amide bonds. The zero-order valence-corrected chi connectivity index (χ0v) is 17.9. The van der Waals surface area contributed by atoms with Crippen molar-refractivity contribution in [3.63, 3.8) is 0 Å². The van der Waals surface area contributed by atoms with Crippen molar-refractivity contribution in [3.8, 4) is 0 Å². The fourth-order valence-corrected chi connectivity index (χ4v) is 3.65. The van der Waals surface area contributed by atoms with Gasteiger partial charge >= 0.3 is 0 Å². The number of aromatic nitrogens is 2. The summed E-state index contributed by atoms with van der Waals surface area (Å²) in [6.45, 7) is 9.97. The molecule has 0 N–H and O–H groups in total. The maximum atomic E-state index is 13.4. The van der Waals surface area contributed by atoms with Crippen LogP contribution in [-0.2, 0) is 24.2 Å². The van der Waals surface area contributed by atoms with Crippen LogP contribution in [-0.4, -0.2) is 22.2 Å². The van der Waals surface area contributed by atoms with E-state index in [0.717, 1.165) is 35.6 Å². The van der Waals surface area contributed by atoms with E-state index in [2.05, 4.69) is 38.0 Å². The summed E-state index contributed by atoms with van der Waals surface area (Å²) in [5, 5.41) is 4.67. The van der Waals surface area contributed by atoms with E-state index in [1.807, 2.05) is 65.0 Å². The molecule has 1 heterocycles. The highest BCUT2D eigenvalue weighted by Gasteiger charge is 2.21. The van der Waals surface area contributed by atoms with Crippen LogP contribution in [0.3, 0.4) is 0 Å². The van der Waals surface area contributed by atoms with Crippen molar-refractivity contribution in [2.45, 2.75) is 47.1 Å². The molecule has 0 aliphatic rings. The van der Waals surface area contributed by atoms with E-state index >= 15 is 0 Å². The van der Waals surface area contributed by atoms with Gasteiger partial charge in [-0.3, -0.25) is 9.48 Å². The zero-order valence-electron chi connectivity index (χ0n) is 17.9. The normalized spacial score (nSPS) is 11.1. The Balaban J connectivity index is 1.81. The molecule has 0 radical (unpaired) electrons. The molecule has 0 saturated carbocycles. The molecule has 0 bridgehead atoms. The topological polar surface area (TPSA) is 38.1 Å². The van der Waals surface area contributed by atoms with Crippen LogP contribution in [0.1, 0.15) is 36.4 Å². The van der Waals surface area contributed by atoms with Gasteiger partial charge in [0.05, 0.1) is 12.1 Å². The number of nitrogens with zero attached hydrogens (tertiary/aromatic N) is 3. The van der Waals surface area contributed by atoms with Crippen molar-refractivity contribution >= 4 is 11.6 Å². The van der Waals surface area contributed by atoms with Gasteiger partial charge in [0.2, 0.25) is 5.91 Å². The smallest absolute Gasteiger partial charge is 0.231 e. The average Bonchev–Trinajstić information content (AvgIpc) is 2.96. The minimum atomic E-state index is 0.113. The molecule has 0 fully saturated rings. The minimum Gasteiger partial charge on any atom is -0.312 e. The molecular formula is C25H31N3O. The second-order valence-electron chi connectivity index (χ2n) is 8.02. The Morgan fingerprint density at radius 1 is 1.00 bits per heavy atom.